The van der Waals surface area contributed by atoms with Crippen molar-refractivity contribution in [1.82, 2.24) is 0 Å². The van der Waals surface area contributed by atoms with Gasteiger partial charge in [-0.2, -0.15) is 4.99 Å². The van der Waals surface area contributed by atoms with Crippen LogP contribution in [0.15, 0.2) is 23.2 Å². The smallest absolute Gasteiger partial charge is 0.344 e. The van der Waals surface area contributed by atoms with Gasteiger partial charge < -0.3 is 14.2 Å². The number of hydrogen-bond acceptors (Lipinski definition) is 6. The van der Waals surface area contributed by atoms with Crippen LogP contribution in [0.1, 0.15) is 31.1 Å². The van der Waals surface area contributed by atoms with Crippen molar-refractivity contribution in [1.29, 1.82) is 0 Å². The van der Waals surface area contributed by atoms with Crippen LogP contribution in [0.2, 0.25) is 0 Å². The number of isothiocyanates is 1. The topological polar surface area (TPSA) is 74.2 Å². The molecule has 0 atom stereocenters. The zero-order valence-corrected chi connectivity index (χ0v) is 13.7. The molecule has 22 heavy (non-hydrogen) atoms. The molecule has 0 heterocycles. The summed E-state index contributed by atoms with van der Waals surface area (Å²) in [6.45, 7) is 5.03. The summed E-state index contributed by atoms with van der Waals surface area (Å²) in [5.41, 5.74) is -0.307. The van der Waals surface area contributed by atoms with Crippen LogP contribution in [0, 0.1) is 0 Å². The third-order valence-electron chi connectivity index (χ3n) is 2.32. The monoisotopic (exact) mass is 323 g/mol. The normalized spacial score (nSPS) is 10.4. The number of esters is 1. The highest BCUT2D eigenvalue weighted by Crippen LogP contribution is 2.28. The predicted molar refractivity (Wildman–Crippen MR) is 83.7 cm³/mol. The molecule has 1 aromatic rings. The lowest BCUT2D eigenvalue weighted by Crippen LogP contribution is -2.27. The summed E-state index contributed by atoms with van der Waals surface area (Å²) >= 11 is 4.38. The number of benzene rings is 1. The third-order valence-corrected chi connectivity index (χ3v) is 2.41. The molecule has 1 aromatic carbocycles. The van der Waals surface area contributed by atoms with Gasteiger partial charge in [-0.1, -0.05) is 0 Å². The molecule has 0 bridgehead atoms. The molecule has 6 nitrogen and oxygen atoms in total. The Morgan fingerprint density at radius 2 is 1.95 bits per heavy atom. The van der Waals surface area contributed by atoms with Crippen molar-refractivity contribution in [3.63, 3.8) is 0 Å². The van der Waals surface area contributed by atoms with Crippen LogP contribution >= 0.6 is 12.2 Å². The van der Waals surface area contributed by atoms with Gasteiger partial charge in [0, 0.05) is 5.56 Å². The highest BCUT2D eigenvalue weighted by molar-refractivity contribution is 7.78. The molecule has 0 aromatic heterocycles. The molecule has 0 unspecified atom stereocenters. The average Bonchev–Trinajstić information content (AvgIpc) is 2.43. The fourth-order valence-corrected chi connectivity index (χ4v) is 1.62. The highest BCUT2D eigenvalue weighted by Gasteiger charge is 2.17. The standard InChI is InChI=1S/C15H17NO5S/c1-15(2,3)21-13(17)8-20-11-6-5-10(7-12(11)19-4)14(18)16-9-22/h5-7H,8H2,1-4H3. The zero-order chi connectivity index (χ0) is 16.8. The van der Waals surface area contributed by atoms with Crippen LogP contribution in [0.5, 0.6) is 11.5 Å². The van der Waals surface area contributed by atoms with E-state index in [9.17, 15) is 9.59 Å². The molecule has 0 aliphatic rings. The number of carbonyl (C=O) groups is 2. The summed E-state index contributed by atoms with van der Waals surface area (Å²) in [5.74, 6) is -0.419. The SMILES string of the molecule is COc1cc(C(=O)N=C=S)ccc1OCC(=O)OC(C)(C)C. The van der Waals surface area contributed by atoms with Gasteiger partial charge in [0.2, 0.25) is 0 Å². The van der Waals surface area contributed by atoms with E-state index in [4.69, 9.17) is 14.2 Å². The van der Waals surface area contributed by atoms with Crippen molar-refractivity contribution >= 4 is 29.3 Å². The van der Waals surface area contributed by atoms with Crippen molar-refractivity contribution in [3.8, 4) is 11.5 Å². The molecule has 0 radical (unpaired) electrons. The van der Waals surface area contributed by atoms with Crippen LogP contribution < -0.4 is 9.47 Å². The Morgan fingerprint density at radius 3 is 2.50 bits per heavy atom. The van der Waals surface area contributed by atoms with Gasteiger partial charge in [-0.05, 0) is 51.2 Å². The van der Waals surface area contributed by atoms with Crippen molar-refractivity contribution < 1.29 is 23.8 Å². The van der Waals surface area contributed by atoms with Crippen molar-refractivity contribution in [2.24, 2.45) is 4.99 Å². The lowest BCUT2D eigenvalue weighted by molar-refractivity contribution is -0.157. The maximum absolute atomic E-state index is 11.6. The van der Waals surface area contributed by atoms with E-state index in [0.717, 1.165) is 0 Å². The number of hydrogen-bond donors (Lipinski definition) is 0. The van der Waals surface area contributed by atoms with Crippen molar-refractivity contribution in [2.45, 2.75) is 26.4 Å². The number of carbonyl (C=O) groups excluding carboxylic acids is 2. The molecule has 118 valence electrons. The quantitative estimate of drug-likeness (QED) is 0.471. The summed E-state index contributed by atoms with van der Waals surface area (Å²) < 4.78 is 15.6. The summed E-state index contributed by atoms with van der Waals surface area (Å²) in [4.78, 5) is 26.6. The zero-order valence-electron chi connectivity index (χ0n) is 12.8. The Balaban J connectivity index is 2.81. The first-order chi connectivity index (χ1) is 10.3. The number of amides is 1. The fraction of sp³-hybridized carbons (Fsp3) is 0.400. The van der Waals surface area contributed by atoms with Crippen molar-refractivity contribution in [2.75, 3.05) is 13.7 Å². The lowest BCUT2D eigenvalue weighted by Gasteiger charge is -2.19. The first kappa shape index (κ1) is 17.8. The number of rotatable bonds is 5. The number of nitrogens with zero attached hydrogens (tertiary/aromatic N) is 1. The van der Waals surface area contributed by atoms with Gasteiger partial charge in [-0.3, -0.25) is 4.79 Å². The number of ether oxygens (including phenoxy) is 3. The first-order valence-corrected chi connectivity index (χ1v) is 6.82. The van der Waals surface area contributed by atoms with E-state index in [1.165, 1.54) is 25.3 Å². The molecular weight excluding hydrogens is 306 g/mol. The molecule has 7 heteroatoms. The largest absolute Gasteiger partial charge is 0.493 e. The van der Waals surface area contributed by atoms with E-state index in [-0.39, 0.29) is 12.2 Å². The molecular formula is C15H17NO5S. The Kier molecular flexibility index (Phi) is 6.22. The van der Waals surface area contributed by atoms with E-state index in [0.29, 0.717) is 11.5 Å². The Morgan fingerprint density at radius 1 is 1.27 bits per heavy atom. The number of thiocarbonyl (C=S) groups is 1. The van der Waals surface area contributed by atoms with Gasteiger partial charge >= 0.3 is 5.97 Å². The maximum Gasteiger partial charge on any atom is 0.344 e. The minimum atomic E-state index is -0.584. The molecule has 0 saturated carbocycles. The van der Waals surface area contributed by atoms with Gasteiger partial charge in [0.05, 0.1) is 12.3 Å². The van der Waals surface area contributed by atoms with E-state index in [1.807, 2.05) is 5.16 Å². The average molecular weight is 323 g/mol. The summed E-state index contributed by atoms with van der Waals surface area (Å²) in [6, 6.07) is 4.45. The molecule has 0 N–H and O–H groups in total. The van der Waals surface area contributed by atoms with Crippen molar-refractivity contribution in [3.05, 3.63) is 23.8 Å². The van der Waals surface area contributed by atoms with Gasteiger partial charge in [0.15, 0.2) is 18.1 Å². The molecule has 0 fully saturated rings. The molecule has 1 rings (SSSR count). The summed E-state index contributed by atoms with van der Waals surface area (Å²) in [6.07, 6.45) is 0. The molecule has 0 saturated heterocycles. The Hall–Kier alpha value is -2.24. The van der Waals surface area contributed by atoms with Crippen LogP contribution in [0.4, 0.5) is 0 Å². The number of aliphatic imine (C=N–C) groups is 1. The Labute approximate surface area is 134 Å². The Bertz CT molecular complexity index is 615. The van der Waals surface area contributed by atoms with Crippen LogP contribution in [0.3, 0.4) is 0 Å². The van der Waals surface area contributed by atoms with Gasteiger partial charge in [0.1, 0.15) is 5.60 Å². The van der Waals surface area contributed by atoms with Crippen LogP contribution in [-0.2, 0) is 9.53 Å². The lowest BCUT2D eigenvalue weighted by atomic mass is 10.2. The van der Waals surface area contributed by atoms with E-state index < -0.39 is 17.5 Å². The second-order valence-electron chi connectivity index (χ2n) is 5.25. The van der Waals surface area contributed by atoms with E-state index in [1.54, 1.807) is 20.8 Å². The van der Waals surface area contributed by atoms with Crippen LogP contribution in [0.25, 0.3) is 0 Å². The van der Waals surface area contributed by atoms with E-state index >= 15 is 0 Å². The van der Waals surface area contributed by atoms with E-state index in [2.05, 4.69) is 17.2 Å². The predicted octanol–water partition coefficient (Wildman–Crippen LogP) is 2.66. The molecule has 1 amide bonds. The fourth-order valence-electron chi connectivity index (χ4n) is 1.53. The van der Waals surface area contributed by atoms with Gasteiger partial charge in [-0.25, -0.2) is 4.79 Å². The first-order valence-electron chi connectivity index (χ1n) is 6.41. The summed E-state index contributed by atoms with van der Waals surface area (Å²) in [7, 11) is 1.42. The molecule has 0 aliphatic carbocycles. The van der Waals surface area contributed by atoms with Crippen LogP contribution in [-0.4, -0.2) is 36.4 Å². The molecule has 0 aliphatic heterocycles. The second-order valence-corrected chi connectivity index (χ2v) is 5.43. The minimum absolute atomic E-state index is 0.265. The third kappa shape index (κ3) is 5.63. The minimum Gasteiger partial charge on any atom is -0.493 e. The highest BCUT2D eigenvalue weighted by atomic mass is 32.1. The van der Waals surface area contributed by atoms with Gasteiger partial charge in [0.25, 0.3) is 5.91 Å². The second kappa shape index (κ2) is 7.68. The summed E-state index contributed by atoms with van der Waals surface area (Å²) in [5, 5.41) is 2.01. The van der Waals surface area contributed by atoms with Gasteiger partial charge in [-0.15, -0.1) is 0 Å². The number of methoxy groups -OCH3 is 1. The molecule has 0 spiro atoms. The maximum atomic E-state index is 11.6.